The molecule has 1 saturated heterocycles. The van der Waals surface area contributed by atoms with Gasteiger partial charge in [-0.25, -0.2) is 8.42 Å². The molecule has 2 rings (SSSR count). The lowest BCUT2D eigenvalue weighted by Gasteiger charge is -2.08. The van der Waals surface area contributed by atoms with E-state index >= 15 is 0 Å². The first kappa shape index (κ1) is 12.5. The third kappa shape index (κ3) is 3.52. The highest BCUT2D eigenvalue weighted by molar-refractivity contribution is 7.91. The quantitative estimate of drug-likeness (QED) is 0.720. The maximum atomic E-state index is 11.3. The Hall–Kier alpha value is -0.920. The Morgan fingerprint density at radius 1 is 1.59 bits per heavy atom. The van der Waals surface area contributed by atoms with Crippen LogP contribution in [0, 0.1) is 0 Å². The van der Waals surface area contributed by atoms with E-state index in [1.807, 2.05) is 6.20 Å². The van der Waals surface area contributed by atoms with E-state index < -0.39 is 9.84 Å². The minimum Gasteiger partial charge on any atom is -0.394 e. The molecule has 0 aromatic carbocycles. The molecular formula is C10H17N3O3S. The van der Waals surface area contributed by atoms with Crippen molar-refractivity contribution in [1.29, 1.82) is 0 Å². The van der Waals surface area contributed by atoms with Crippen molar-refractivity contribution in [2.24, 2.45) is 0 Å². The molecule has 0 radical (unpaired) electrons. The van der Waals surface area contributed by atoms with Crippen molar-refractivity contribution < 1.29 is 13.5 Å². The molecule has 1 aromatic heterocycles. The van der Waals surface area contributed by atoms with Crippen molar-refractivity contribution in [2.75, 3.05) is 18.1 Å². The Bertz CT molecular complexity index is 469. The predicted octanol–water partition coefficient (Wildman–Crippen LogP) is -0.848. The normalized spacial score (nSPS) is 23.0. The van der Waals surface area contributed by atoms with Gasteiger partial charge in [0, 0.05) is 24.3 Å². The van der Waals surface area contributed by atoms with Gasteiger partial charge in [-0.2, -0.15) is 5.10 Å². The van der Waals surface area contributed by atoms with Gasteiger partial charge in [-0.05, 0) is 6.42 Å². The smallest absolute Gasteiger partial charge is 0.151 e. The molecule has 0 bridgehead atoms. The summed E-state index contributed by atoms with van der Waals surface area (Å²) in [6.07, 6.45) is 4.27. The van der Waals surface area contributed by atoms with Crippen molar-refractivity contribution >= 4 is 9.84 Å². The maximum Gasteiger partial charge on any atom is 0.151 e. The van der Waals surface area contributed by atoms with Gasteiger partial charge in [0.15, 0.2) is 9.84 Å². The molecule has 2 heterocycles. The predicted molar refractivity (Wildman–Crippen MR) is 63.2 cm³/mol. The third-order valence-corrected chi connectivity index (χ3v) is 4.61. The molecular weight excluding hydrogens is 242 g/mol. The highest BCUT2D eigenvalue weighted by Crippen LogP contribution is 2.11. The summed E-state index contributed by atoms with van der Waals surface area (Å²) >= 11 is 0. The Kier molecular flexibility index (Phi) is 3.80. The summed E-state index contributed by atoms with van der Waals surface area (Å²) in [5.74, 6) is 0.520. The van der Waals surface area contributed by atoms with Crippen molar-refractivity contribution in [3.63, 3.8) is 0 Å². The van der Waals surface area contributed by atoms with E-state index in [4.69, 9.17) is 5.11 Å². The molecule has 0 amide bonds. The van der Waals surface area contributed by atoms with Gasteiger partial charge < -0.3 is 10.4 Å². The average molecular weight is 259 g/mol. The summed E-state index contributed by atoms with van der Waals surface area (Å²) in [5, 5.41) is 16.0. The molecule has 17 heavy (non-hydrogen) atoms. The van der Waals surface area contributed by atoms with Crippen LogP contribution in [0.5, 0.6) is 0 Å². The number of hydrogen-bond donors (Lipinski definition) is 2. The molecule has 1 atom stereocenters. The summed E-state index contributed by atoms with van der Waals surface area (Å²) in [4.78, 5) is 0. The van der Waals surface area contributed by atoms with E-state index in [0.29, 0.717) is 19.5 Å². The zero-order valence-corrected chi connectivity index (χ0v) is 10.4. The highest BCUT2D eigenvalue weighted by Gasteiger charge is 2.27. The van der Waals surface area contributed by atoms with Gasteiger partial charge in [0.1, 0.15) is 0 Å². The van der Waals surface area contributed by atoms with Gasteiger partial charge in [0.2, 0.25) is 0 Å². The Morgan fingerprint density at radius 3 is 3.06 bits per heavy atom. The molecule has 7 heteroatoms. The van der Waals surface area contributed by atoms with Gasteiger partial charge in [0.05, 0.1) is 30.9 Å². The molecule has 1 unspecified atom stereocenters. The molecule has 2 N–H and O–H groups in total. The lowest BCUT2D eigenvalue weighted by atomic mass is 10.2. The van der Waals surface area contributed by atoms with Crippen molar-refractivity contribution in [1.82, 2.24) is 15.1 Å². The molecule has 1 fully saturated rings. The van der Waals surface area contributed by atoms with Crippen molar-refractivity contribution in [2.45, 2.75) is 25.6 Å². The summed E-state index contributed by atoms with van der Waals surface area (Å²) in [6, 6.07) is 0.0567. The zero-order chi connectivity index (χ0) is 12.3. The molecule has 0 saturated carbocycles. The monoisotopic (exact) mass is 259 g/mol. The Balaban J connectivity index is 1.82. The van der Waals surface area contributed by atoms with Gasteiger partial charge in [-0.15, -0.1) is 0 Å². The number of hydrogen-bond acceptors (Lipinski definition) is 5. The third-order valence-electron chi connectivity index (χ3n) is 2.84. The highest BCUT2D eigenvalue weighted by atomic mass is 32.2. The minimum atomic E-state index is -2.82. The zero-order valence-electron chi connectivity index (χ0n) is 9.54. The second-order valence-electron chi connectivity index (χ2n) is 4.32. The molecule has 1 aliphatic rings. The first-order valence-electron chi connectivity index (χ1n) is 5.65. The van der Waals surface area contributed by atoms with Crippen LogP contribution >= 0.6 is 0 Å². The van der Waals surface area contributed by atoms with Crippen LogP contribution in [-0.2, 0) is 22.9 Å². The standard InChI is InChI=1S/C10H17N3O3S/c14-3-2-13-7-9(6-12-13)5-11-10-1-4-17(15,16)8-10/h6-7,10-11,14H,1-5,8H2. The molecule has 1 aromatic rings. The van der Waals surface area contributed by atoms with Crippen molar-refractivity contribution in [3.05, 3.63) is 18.0 Å². The van der Waals surface area contributed by atoms with E-state index in [2.05, 4.69) is 10.4 Å². The number of rotatable bonds is 5. The Morgan fingerprint density at radius 2 is 2.41 bits per heavy atom. The summed E-state index contributed by atoms with van der Waals surface area (Å²) in [6.45, 7) is 1.17. The number of sulfone groups is 1. The average Bonchev–Trinajstić information content (AvgIpc) is 2.83. The van der Waals surface area contributed by atoms with E-state index in [0.717, 1.165) is 5.56 Å². The van der Waals surface area contributed by atoms with E-state index in [1.165, 1.54) is 0 Å². The van der Waals surface area contributed by atoms with Gasteiger partial charge in [-0.1, -0.05) is 0 Å². The first-order chi connectivity index (χ1) is 8.09. The van der Waals surface area contributed by atoms with Crippen LogP contribution < -0.4 is 5.32 Å². The number of nitrogens with zero attached hydrogens (tertiary/aromatic N) is 2. The van der Waals surface area contributed by atoms with Crippen molar-refractivity contribution in [3.8, 4) is 0 Å². The fourth-order valence-corrected chi connectivity index (χ4v) is 3.65. The van der Waals surface area contributed by atoms with Crippen LogP contribution in [0.2, 0.25) is 0 Å². The largest absolute Gasteiger partial charge is 0.394 e. The lowest BCUT2D eigenvalue weighted by Crippen LogP contribution is -2.29. The Labute approximate surface area is 101 Å². The second kappa shape index (κ2) is 5.16. The van der Waals surface area contributed by atoms with Crippen LogP contribution in [0.25, 0.3) is 0 Å². The molecule has 6 nitrogen and oxygen atoms in total. The van der Waals surface area contributed by atoms with Crippen LogP contribution in [0.4, 0.5) is 0 Å². The number of aliphatic hydroxyl groups is 1. The SMILES string of the molecule is O=S1(=O)CCC(NCc2cnn(CCO)c2)C1. The fraction of sp³-hybridized carbons (Fsp3) is 0.700. The summed E-state index contributed by atoms with van der Waals surface area (Å²) in [5.41, 5.74) is 1.00. The molecule has 0 spiro atoms. The summed E-state index contributed by atoms with van der Waals surface area (Å²) < 4.78 is 24.2. The topological polar surface area (TPSA) is 84.2 Å². The van der Waals surface area contributed by atoms with Gasteiger partial charge >= 0.3 is 0 Å². The minimum absolute atomic E-state index is 0.0567. The first-order valence-corrected chi connectivity index (χ1v) is 7.47. The summed E-state index contributed by atoms with van der Waals surface area (Å²) in [7, 11) is -2.82. The van der Waals surface area contributed by atoms with Crippen LogP contribution in [0.3, 0.4) is 0 Å². The fourth-order valence-electron chi connectivity index (χ4n) is 1.94. The number of nitrogens with one attached hydrogen (secondary N) is 1. The number of aromatic nitrogens is 2. The second-order valence-corrected chi connectivity index (χ2v) is 6.54. The van der Waals surface area contributed by atoms with Crippen LogP contribution in [0.1, 0.15) is 12.0 Å². The molecule has 0 aliphatic carbocycles. The van der Waals surface area contributed by atoms with Crippen LogP contribution in [0.15, 0.2) is 12.4 Å². The lowest BCUT2D eigenvalue weighted by molar-refractivity contribution is 0.269. The van der Waals surface area contributed by atoms with Gasteiger partial charge in [0.25, 0.3) is 0 Å². The molecule has 96 valence electrons. The van der Waals surface area contributed by atoms with E-state index in [9.17, 15) is 8.42 Å². The van der Waals surface area contributed by atoms with E-state index in [1.54, 1.807) is 10.9 Å². The number of aliphatic hydroxyl groups excluding tert-OH is 1. The van der Waals surface area contributed by atoms with Gasteiger partial charge in [-0.3, -0.25) is 4.68 Å². The molecule has 1 aliphatic heterocycles. The van der Waals surface area contributed by atoms with Crippen LogP contribution in [-0.4, -0.2) is 47.5 Å². The maximum absolute atomic E-state index is 11.3. The van der Waals surface area contributed by atoms with E-state index in [-0.39, 0.29) is 24.2 Å².